The van der Waals surface area contributed by atoms with E-state index in [2.05, 4.69) is 16.4 Å². The van der Waals surface area contributed by atoms with Gasteiger partial charge in [0.25, 0.3) is 0 Å². The van der Waals surface area contributed by atoms with Gasteiger partial charge in [-0.25, -0.2) is 4.98 Å². The molecule has 3 N–H and O–H groups in total. The number of aromatic nitrogens is 1. The maximum atomic E-state index is 11.1. The second-order valence-electron chi connectivity index (χ2n) is 5.30. The first kappa shape index (κ1) is 17.7. The molecule has 26 heavy (non-hydrogen) atoms. The highest BCUT2D eigenvalue weighted by Gasteiger charge is 2.09. The molecule has 0 unspecified atom stereocenters. The molecule has 128 valence electrons. The number of nitrogens with two attached hydrogens (primary N) is 1. The van der Waals surface area contributed by atoms with Crippen LogP contribution in [0.1, 0.15) is 15.4 Å². The zero-order chi connectivity index (χ0) is 18.5. The standard InChI is InChI=1S/C19H13ClN4OS/c20-15-5-1-12(2-6-15)17-11-26-19(24-17)14(9-21)10-23-16-7-3-13(4-8-16)18(22)25/h1-8,10-11,23H,(H2,22,25)/b14-10+. The molecule has 0 spiro atoms. The molecular weight excluding hydrogens is 368 g/mol. The van der Waals surface area contributed by atoms with Gasteiger partial charge in [0.1, 0.15) is 16.6 Å². The molecule has 2 aromatic carbocycles. The summed E-state index contributed by atoms with van der Waals surface area (Å²) in [4.78, 5) is 15.6. The van der Waals surface area contributed by atoms with E-state index in [4.69, 9.17) is 17.3 Å². The molecular formula is C19H13ClN4OS. The van der Waals surface area contributed by atoms with Crippen molar-refractivity contribution in [1.29, 1.82) is 5.26 Å². The third-order valence-corrected chi connectivity index (χ3v) is 4.68. The Morgan fingerprint density at radius 1 is 1.19 bits per heavy atom. The Hall–Kier alpha value is -3.14. The lowest BCUT2D eigenvalue weighted by Gasteiger charge is -2.02. The summed E-state index contributed by atoms with van der Waals surface area (Å²) in [6, 6.07) is 16.2. The molecule has 7 heteroatoms. The lowest BCUT2D eigenvalue weighted by Crippen LogP contribution is -2.10. The normalized spacial score (nSPS) is 11.0. The van der Waals surface area contributed by atoms with Gasteiger partial charge in [-0.15, -0.1) is 11.3 Å². The molecule has 0 aliphatic rings. The topological polar surface area (TPSA) is 91.8 Å². The van der Waals surface area contributed by atoms with Gasteiger partial charge in [0.05, 0.1) is 5.69 Å². The summed E-state index contributed by atoms with van der Waals surface area (Å²) in [5.41, 5.74) is 8.50. The number of allylic oxidation sites excluding steroid dienone is 1. The number of amides is 1. The predicted octanol–water partition coefficient (Wildman–Crippen LogP) is 4.54. The summed E-state index contributed by atoms with van der Waals surface area (Å²) < 4.78 is 0. The maximum absolute atomic E-state index is 11.1. The van der Waals surface area contributed by atoms with E-state index in [1.165, 1.54) is 11.3 Å². The number of thiazole rings is 1. The number of rotatable bonds is 5. The van der Waals surface area contributed by atoms with Gasteiger partial charge >= 0.3 is 0 Å². The van der Waals surface area contributed by atoms with Gasteiger partial charge in [0, 0.05) is 33.4 Å². The Morgan fingerprint density at radius 3 is 2.50 bits per heavy atom. The fourth-order valence-corrected chi connectivity index (χ4v) is 3.10. The number of carbonyl (C=O) groups excluding carboxylic acids is 1. The molecule has 0 fully saturated rings. The van der Waals surface area contributed by atoms with E-state index in [0.717, 1.165) is 16.9 Å². The molecule has 3 aromatic rings. The molecule has 1 heterocycles. The Morgan fingerprint density at radius 2 is 1.88 bits per heavy atom. The van der Waals surface area contributed by atoms with Crippen LogP contribution in [-0.4, -0.2) is 10.9 Å². The molecule has 0 bridgehead atoms. The smallest absolute Gasteiger partial charge is 0.248 e. The fraction of sp³-hybridized carbons (Fsp3) is 0. The first-order valence-electron chi connectivity index (χ1n) is 7.55. The number of benzene rings is 2. The molecule has 0 aliphatic carbocycles. The molecule has 3 rings (SSSR count). The zero-order valence-electron chi connectivity index (χ0n) is 13.4. The number of hydrogen-bond acceptors (Lipinski definition) is 5. The maximum Gasteiger partial charge on any atom is 0.248 e. The van der Waals surface area contributed by atoms with Crippen molar-refractivity contribution >= 4 is 40.1 Å². The molecule has 5 nitrogen and oxygen atoms in total. The first-order chi connectivity index (χ1) is 12.6. The number of nitrogens with zero attached hydrogens (tertiary/aromatic N) is 2. The average Bonchev–Trinajstić information content (AvgIpc) is 3.13. The Labute approximate surface area is 159 Å². The highest BCUT2D eigenvalue weighted by Crippen LogP contribution is 2.27. The van der Waals surface area contributed by atoms with Crippen molar-refractivity contribution in [2.45, 2.75) is 0 Å². The van der Waals surface area contributed by atoms with Crippen LogP contribution in [-0.2, 0) is 0 Å². The fourth-order valence-electron chi connectivity index (χ4n) is 2.18. The highest BCUT2D eigenvalue weighted by atomic mass is 35.5. The summed E-state index contributed by atoms with van der Waals surface area (Å²) in [5, 5.41) is 15.6. The van der Waals surface area contributed by atoms with Gasteiger partial charge in [-0.3, -0.25) is 4.79 Å². The van der Waals surface area contributed by atoms with E-state index in [-0.39, 0.29) is 0 Å². The van der Waals surface area contributed by atoms with Crippen LogP contribution in [0.2, 0.25) is 5.02 Å². The summed E-state index contributed by atoms with van der Waals surface area (Å²) >= 11 is 7.29. The molecule has 0 radical (unpaired) electrons. The molecule has 0 saturated heterocycles. The molecule has 0 atom stereocenters. The first-order valence-corrected chi connectivity index (χ1v) is 8.81. The summed E-state index contributed by atoms with van der Waals surface area (Å²) in [7, 11) is 0. The van der Waals surface area contributed by atoms with Gasteiger partial charge in [-0.05, 0) is 36.4 Å². The van der Waals surface area contributed by atoms with Crippen molar-refractivity contribution in [3.05, 3.63) is 75.7 Å². The van der Waals surface area contributed by atoms with Crippen LogP contribution >= 0.6 is 22.9 Å². The Balaban J connectivity index is 1.78. The SMILES string of the molecule is N#C/C(=C\Nc1ccc(C(N)=O)cc1)c1nc(-c2ccc(Cl)cc2)cs1. The number of hydrogen-bond donors (Lipinski definition) is 2. The molecule has 1 amide bonds. The summed E-state index contributed by atoms with van der Waals surface area (Å²) in [6.07, 6.45) is 1.59. The van der Waals surface area contributed by atoms with Crippen molar-refractivity contribution in [3.63, 3.8) is 0 Å². The van der Waals surface area contributed by atoms with Gasteiger partial charge < -0.3 is 11.1 Å². The minimum Gasteiger partial charge on any atom is -0.366 e. The van der Waals surface area contributed by atoms with Crippen molar-refractivity contribution < 1.29 is 4.79 Å². The third kappa shape index (κ3) is 4.09. The van der Waals surface area contributed by atoms with Crippen LogP contribution in [0.15, 0.2) is 60.1 Å². The average molecular weight is 381 g/mol. The van der Waals surface area contributed by atoms with E-state index < -0.39 is 5.91 Å². The van der Waals surface area contributed by atoms with Gasteiger partial charge in [0.2, 0.25) is 5.91 Å². The number of carbonyl (C=O) groups is 1. The minimum atomic E-state index is -0.484. The molecule has 0 saturated carbocycles. The van der Waals surface area contributed by atoms with Crippen molar-refractivity contribution in [2.24, 2.45) is 5.73 Å². The Kier molecular flexibility index (Phi) is 5.32. The van der Waals surface area contributed by atoms with E-state index >= 15 is 0 Å². The Bertz CT molecular complexity index is 1000. The van der Waals surface area contributed by atoms with Crippen molar-refractivity contribution in [1.82, 2.24) is 4.98 Å². The van der Waals surface area contributed by atoms with E-state index in [0.29, 0.717) is 21.2 Å². The largest absolute Gasteiger partial charge is 0.366 e. The molecule has 1 aromatic heterocycles. The van der Waals surface area contributed by atoms with Crippen LogP contribution in [0.3, 0.4) is 0 Å². The number of nitriles is 1. The third-order valence-electron chi connectivity index (χ3n) is 3.55. The number of anilines is 1. The minimum absolute atomic E-state index is 0.411. The van der Waals surface area contributed by atoms with Crippen molar-refractivity contribution in [3.8, 4) is 17.3 Å². The number of halogens is 1. The van der Waals surface area contributed by atoms with Crippen LogP contribution in [0.4, 0.5) is 5.69 Å². The predicted molar refractivity (Wildman–Crippen MR) is 105 cm³/mol. The van der Waals surface area contributed by atoms with Gasteiger partial charge in [-0.1, -0.05) is 23.7 Å². The van der Waals surface area contributed by atoms with E-state index in [1.54, 1.807) is 42.6 Å². The quantitative estimate of drug-likeness (QED) is 0.635. The monoisotopic (exact) mass is 380 g/mol. The van der Waals surface area contributed by atoms with Crippen LogP contribution in [0.25, 0.3) is 16.8 Å². The lowest BCUT2D eigenvalue weighted by molar-refractivity contribution is 0.100. The highest BCUT2D eigenvalue weighted by molar-refractivity contribution is 7.11. The van der Waals surface area contributed by atoms with Gasteiger partial charge in [0.15, 0.2) is 0 Å². The summed E-state index contributed by atoms with van der Waals surface area (Å²) in [6.45, 7) is 0. The van der Waals surface area contributed by atoms with Crippen molar-refractivity contribution in [2.75, 3.05) is 5.32 Å². The van der Waals surface area contributed by atoms with Crippen LogP contribution in [0.5, 0.6) is 0 Å². The van der Waals surface area contributed by atoms with E-state index in [1.807, 2.05) is 17.5 Å². The van der Waals surface area contributed by atoms with Gasteiger partial charge in [-0.2, -0.15) is 5.26 Å². The van der Waals surface area contributed by atoms with Crippen LogP contribution < -0.4 is 11.1 Å². The second kappa shape index (κ2) is 7.83. The zero-order valence-corrected chi connectivity index (χ0v) is 15.0. The molecule has 0 aliphatic heterocycles. The summed E-state index contributed by atoms with van der Waals surface area (Å²) in [5.74, 6) is -0.484. The van der Waals surface area contributed by atoms with Crippen LogP contribution in [0, 0.1) is 11.3 Å². The number of primary amides is 1. The number of nitrogens with one attached hydrogen (secondary N) is 1. The van der Waals surface area contributed by atoms with E-state index in [9.17, 15) is 10.1 Å². The lowest BCUT2D eigenvalue weighted by atomic mass is 10.2. The second-order valence-corrected chi connectivity index (χ2v) is 6.60.